The molecule has 0 saturated heterocycles. The second-order valence-corrected chi connectivity index (χ2v) is 7.89. The second-order valence-electron chi connectivity index (χ2n) is 5.30. The third kappa shape index (κ3) is 3.75. The summed E-state index contributed by atoms with van der Waals surface area (Å²) in [7, 11) is -3.90. The Bertz CT molecular complexity index is 885. The van der Waals surface area contributed by atoms with Crippen molar-refractivity contribution in [3.8, 4) is 5.75 Å². The van der Waals surface area contributed by atoms with Crippen LogP contribution in [0.3, 0.4) is 0 Å². The number of carbonyl (C=O) groups is 2. The first-order chi connectivity index (χ1) is 11.8. The maximum Gasteiger partial charge on any atom is 0.266 e. The van der Waals surface area contributed by atoms with Gasteiger partial charge in [0.1, 0.15) is 17.6 Å². The molecule has 3 rings (SSSR count). The number of ether oxygens (including phenoxy) is 1. The van der Waals surface area contributed by atoms with E-state index in [1.54, 1.807) is 0 Å². The van der Waals surface area contributed by atoms with Crippen LogP contribution in [0.2, 0.25) is 0 Å². The molecule has 0 aliphatic carbocycles. The summed E-state index contributed by atoms with van der Waals surface area (Å²) in [5.41, 5.74) is 5.52. The topological polar surface area (TPSA) is 149 Å². The zero-order valence-electron chi connectivity index (χ0n) is 12.6. The number of nitrogens with one attached hydrogen (secondary N) is 2. The van der Waals surface area contributed by atoms with Gasteiger partial charge in [-0.3, -0.25) is 9.59 Å². The molecule has 2 amide bonds. The number of hydrogen-bond acceptors (Lipinski definition) is 7. The maximum absolute atomic E-state index is 12.5. The fourth-order valence-electron chi connectivity index (χ4n) is 2.25. The van der Waals surface area contributed by atoms with Gasteiger partial charge < -0.3 is 20.6 Å². The first-order valence-electron chi connectivity index (χ1n) is 7.04. The molecule has 2 aliphatic rings. The van der Waals surface area contributed by atoms with Crippen molar-refractivity contribution in [2.75, 3.05) is 18.5 Å². The summed E-state index contributed by atoms with van der Waals surface area (Å²) in [4.78, 5) is 27.2. The Hall–Kier alpha value is -2.18. The third-order valence-corrected chi connectivity index (χ3v) is 5.86. The lowest BCUT2D eigenvalue weighted by Gasteiger charge is -2.20. The smallest absolute Gasteiger partial charge is 0.266 e. The number of sulfonamides is 1. The summed E-state index contributed by atoms with van der Waals surface area (Å²) in [5, 5.41) is 6.09. The molecule has 2 aliphatic heterocycles. The van der Waals surface area contributed by atoms with Gasteiger partial charge in [-0.05, 0) is 22.0 Å². The lowest BCUT2D eigenvalue weighted by atomic mass is 10.2. The zero-order chi connectivity index (χ0) is 18.2. The zero-order valence-corrected chi connectivity index (χ0v) is 15.0. The highest BCUT2D eigenvalue weighted by Crippen LogP contribution is 2.35. The number of anilines is 1. The van der Waals surface area contributed by atoms with Gasteiger partial charge >= 0.3 is 0 Å². The number of fused-ring (bicyclic) bond motifs is 1. The Labute approximate surface area is 150 Å². The van der Waals surface area contributed by atoms with Crippen LogP contribution in [0, 0.1) is 0 Å². The van der Waals surface area contributed by atoms with Crippen molar-refractivity contribution in [3.63, 3.8) is 0 Å². The molecule has 1 aromatic rings. The van der Waals surface area contributed by atoms with Crippen molar-refractivity contribution < 1.29 is 27.6 Å². The Morgan fingerprint density at radius 2 is 2.24 bits per heavy atom. The Balaban J connectivity index is 1.73. The molecule has 0 spiro atoms. The lowest BCUT2D eigenvalue weighted by Crippen LogP contribution is -2.33. The van der Waals surface area contributed by atoms with Crippen LogP contribution < -0.4 is 20.5 Å². The highest BCUT2D eigenvalue weighted by atomic mass is 79.9. The van der Waals surface area contributed by atoms with Gasteiger partial charge in [0.25, 0.3) is 11.8 Å². The van der Waals surface area contributed by atoms with E-state index in [0.29, 0.717) is 5.69 Å². The summed E-state index contributed by atoms with van der Waals surface area (Å²) < 4.78 is 32.9. The van der Waals surface area contributed by atoms with Crippen molar-refractivity contribution >= 4 is 49.2 Å². The molecule has 2 heterocycles. The largest absolute Gasteiger partial charge is 0.482 e. The molecule has 12 heteroatoms. The molecule has 0 fully saturated rings. The van der Waals surface area contributed by atoms with Crippen molar-refractivity contribution in [2.24, 2.45) is 10.9 Å². The summed E-state index contributed by atoms with van der Waals surface area (Å²) in [5.74, 6) is -0.779. The fourth-order valence-corrected chi connectivity index (χ4v) is 4.37. The van der Waals surface area contributed by atoms with E-state index < -0.39 is 22.0 Å². The van der Waals surface area contributed by atoms with Crippen LogP contribution in [0.5, 0.6) is 5.75 Å². The molecule has 134 valence electrons. The molecule has 10 nitrogen and oxygen atoms in total. The third-order valence-electron chi connectivity index (χ3n) is 3.47. The quantitative estimate of drug-likeness (QED) is 0.580. The van der Waals surface area contributed by atoms with Crippen LogP contribution in [0.15, 0.2) is 26.7 Å². The number of nitrogens with zero attached hydrogens (tertiary/aromatic N) is 1. The number of carbonyl (C=O) groups excluding carboxylic acids is 2. The molecule has 25 heavy (non-hydrogen) atoms. The molecule has 0 saturated carbocycles. The summed E-state index contributed by atoms with van der Waals surface area (Å²) >= 11 is 3.17. The first kappa shape index (κ1) is 17.6. The monoisotopic (exact) mass is 432 g/mol. The minimum absolute atomic E-state index is 0.0586. The number of amides is 2. The van der Waals surface area contributed by atoms with Crippen molar-refractivity contribution in [1.82, 2.24) is 4.72 Å². The first-order valence-corrected chi connectivity index (χ1v) is 9.32. The van der Waals surface area contributed by atoms with E-state index in [4.69, 9.17) is 15.3 Å². The van der Waals surface area contributed by atoms with Gasteiger partial charge in [-0.15, -0.1) is 0 Å². The number of oxime groups is 1. The maximum atomic E-state index is 12.5. The van der Waals surface area contributed by atoms with Gasteiger partial charge in [-0.2, -0.15) is 0 Å². The highest BCUT2D eigenvalue weighted by Gasteiger charge is 2.28. The predicted molar refractivity (Wildman–Crippen MR) is 89.6 cm³/mol. The molecule has 1 atom stereocenters. The van der Waals surface area contributed by atoms with Crippen molar-refractivity contribution in [1.29, 1.82) is 0 Å². The van der Waals surface area contributed by atoms with E-state index in [9.17, 15) is 18.0 Å². The molecule has 4 N–H and O–H groups in total. The van der Waals surface area contributed by atoms with Gasteiger partial charge in [-0.25, -0.2) is 13.1 Å². The average Bonchev–Trinajstić information content (AvgIpc) is 3.01. The number of benzene rings is 1. The number of rotatable bonds is 5. The number of primary amides is 1. The Morgan fingerprint density at radius 3 is 2.92 bits per heavy atom. The molecular weight excluding hydrogens is 420 g/mol. The summed E-state index contributed by atoms with van der Waals surface area (Å²) in [6.07, 6.45) is -0.498. The van der Waals surface area contributed by atoms with Crippen molar-refractivity contribution in [2.45, 2.75) is 17.4 Å². The number of nitrogens with two attached hydrogens (primary N) is 1. The van der Waals surface area contributed by atoms with Crippen LogP contribution in [0.25, 0.3) is 0 Å². The lowest BCUT2D eigenvalue weighted by molar-refractivity contribution is -0.118. The van der Waals surface area contributed by atoms with Crippen LogP contribution >= 0.6 is 15.9 Å². The van der Waals surface area contributed by atoms with Crippen molar-refractivity contribution in [3.05, 3.63) is 16.6 Å². The minimum atomic E-state index is -3.90. The van der Waals surface area contributed by atoms with E-state index >= 15 is 0 Å². The van der Waals surface area contributed by atoms with E-state index in [0.717, 1.165) is 0 Å². The Kier molecular flexibility index (Phi) is 4.67. The number of hydrogen-bond donors (Lipinski definition) is 3. The molecule has 1 aromatic carbocycles. The predicted octanol–water partition coefficient (Wildman–Crippen LogP) is -0.312. The fraction of sp³-hybridized carbons (Fsp3) is 0.308. The van der Waals surface area contributed by atoms with Gasteiger partial charge in [0.2, 0.25) is 10.0 Å². The normalized spacial score (nSPS) is 19.3. The SMILES string of the molecule is NC(=O)C1=NO[C@@H](CNS(=O)(=O)c2cc3c(cc2Br)NC(=O)CO3)C1. The molecule has 0 unspecified atom stereocenters. The van der Waals surface area contributed by atoms with Gasteiger partial charge in [-0.1, -0.05) is 5.16 Å². The standard InChI is InChI=1S/C13H13BrN4O6S/c14-7-2-8-10(23-5-12(19)17-8)3-11(7)25(21,22)16-4-6-1-9(13(15)20)18-24-6/h2-3,6,16H,1,4-5H2,(H2,15,20)(H,17,19)/t6-/m1/s1. The van der Waals surface area contributed by atoms with E-state index in [-0.39, 0.29) is 46.3 Å². The van der Waals surface area contributed by atoms with E-state index in [1.807, 2.05) is 0 Å². The van der Waals surface area contributed by atoms with Crippen LogP contribution in [0.4, 0.5) is 5.69 Å². The molecule has 0 bridgehead atoms. The van der Waals surface area contributed by atoms with Gasteiger partial charge in [0, 0.05) is 17.0 Å². The van der Waals surface area contributed by atoms with Gasteiger partial charge in [0.05, 0.1) is 17.1 Å². The summed E-state index contributed by atoms with van der Waals surface area (Å²) in [6, 6.07) is 2.75. The van der Waals surface area contributed by atoms with Gasteiger partial charge in [0.15, 0.2) is 6.61 Å². The molecule has 0 aromatic heterocycles. The average molecular weight is 433 g/mol. The minimum Gasteiger partial charge on any atom is -0.482 e. The van der Waals surface area contributed by atoms with Crippen LogP contribution in [-0.4, -0.2) is 45.2 Å². The molecular formula is C13H13BrN4O6S. The summed E-state index contributed by atoms with van der Waals surface area (Å²) in [6.45, 7) is -0.283. The molecule has 0 radical (unpaired) electrons. The van der Waals surface area contributed by atoms with E-state index in [1.165, 1.54) is 12.1 Å². The highest BCUT2D eigenvalue weighted by molar-refractivity contribution is 9.10. The number of halogens is 1. The van der Waals surface area contributed by atoms with Crippen LogP contribution in [0.1, 0.15) is 6.42 Å². The second kappa shape index (κ2) is 6.61. The Morgan fingerprint density at radius 1 is 1.48 bits per heavy atom. The van der Waals surface area contributed by atoms with Crippen LogP contribution in [-0.2, 0) is 24.4 Å². The van der Waals surface area contributed by atoms with E-state index in [2.05, 4.69) is 31.1 Å².